The Labute approximate surface area is 157 Å². The lowest BCUT2D eigenvalue weighted by Crippen LogP contribution is -2.32. The van der Waals surface area contributed by atoms with Gasteiger partial charge in [-0.05, 0) is 32.5 Å². The highest BCUT2D eigenvalue weighted by atomic mass is 127. The van der Waals surface area contributed by atoms with Crippen molar-refractivity contribution in [1.82, 2.24) is 10.2 Å². The van der Waals surface area contributed by atoms with Crippen LogP contribution in [0.5, 0.6) is 5.75 Å². The molecule has 0 saturated heterocycles. The molecular weight excluding hydrogens is 403 g/mol. The van der Waals surface area contributed by atoms with E-state index in [9.17, 15) is 0 Å². The number of para-hydroxylation sites is 1. The Kier molecular flexibility index (Phi) is 11.9. The Morgan fingerprint density at radius 3 is 2.65 bits per heavy atom. The van der Waals surface area contributed by atoms with E-state index in [1.54, 1.807) is 0 Å². The van der Waals surface area contributed by atoms with Crippen LogP contribution < -0.4 is 15.8 Å². The number of aliphatic imine (C=N–C) groups is 1. The number of benzene rings is 1. The molecule has 1 aromatic rings. The van der Waals surface area contributed by atoms with Gasteiger partial charge in [0.2, 0.25) is 0 Å². The first-order valence-electron chi connectivity index (χ1n) is 7.88. The van der Waals surface area contributed by atoms with Gasteiger partial charge in [0.15, 0.2) is 5.96 Å². The van der Waals surface area contributed by atoms with Crippen molar-refractivity contribution in [3.63, 3.8) is 0 Å². The Hall–Kier alpha value is -1.02. The number of nitrogens with one attached hydrogen (secondary N) is 1. The number of hydrogen-bond acceptors (Lipinski definition) is 3. The van der Waals surface area contributed by atoms with E-state index < -0.39 is 0 Å². The summed E-state index contributed by atoms with van der Waals surface area (Å²) < 4.78 is 5.82. The number of nitrogens with two attached hydrogens (primary N) is 1. The summed E-state index contributed by atoms with van der Waals surface area (Å²) in [6.45, 7) is 7.31. The van der Waals surface area contributed by atoms with Crippen LogP contribution in [-0.2, 0) is 6.54 Å². The molecule has 3 N–H and O–H groups in total. The van der Waals surface area contributed by atoms with E-state index in [-0.39, 0.29) is 24.0 Å². The highest BCUT2D eigenvalue weighted by molar-refractivity contribution is 14.0. The van der Waals surface area contributed by atoms with Crippen molar-refractivity contribution < 1.29 is 4.74 Å². The fourth-order valence-electron chi connectivity index (χ4n) is 1.83. The average Bonchev–Trinajstić information content (AvgIpc) is 2.45. The highest BCUT2D eigenvalue weighted by Gasteiger charge is 2.03. The summed E-state index contributed by atoms with van der Waals surface area (Å²) in [6.07, 6.45) is 1.08. The quantitative estimate of drug-likeness (QED) is 0.357. The van der Waals surface area contributed by atoms with Crippen molar-refractivity contribution in [3.05, 3.63) is 29.8 Å². The van der Waals surface area contributed by atoms with Gasteiger partial charge in [-0.25, -0.2) is 4.99 Å². The fraction of sp³-hybridized carbons (Fsp3) is 0.588. The first-order chi connectivity index (χ1) is 10.5. The van der Waals surface area contributed by atoms with E-state index in [2.05, 4.69) is 29.1 Å². The lowest BCUT2D eigenvalue weighted by molar-refractivity contribution is 0.259. The molecule has 0 spiro atoms. The highest BCUT2D eigenvalue weighted by Crippen LogP contribution is 2.18. The zero-order chi connectivity index (χ0) is 16.4. The van der Waals surface area contributed by atoms with Crippen molar-refractivity contribution in [2.75, 3.05) is 33.8 Å². The zero-order valence-electron chi connectivity index (χ0n) is 14.7. The van der Waals surface area contributed by atoms with Crippen LogP contribution in [0.3, 0.4) is 0 Å². The molecule has 1 rings (SSSR count). The second kappa shape index (κ2) is 12.4. The molecule has 0 fully saturated rings. The van der Waals surface area contributed by atoms with Gasteiger partial charge in [-0.3, -0.25) is 0 Å². The smallest absolute Gasteiger partial charge is 0.188 e. The molecule has 6 heteroatoms. The third kappa shape index (κ3) is 10.4. The normalized spacial score (nSPS) is 11.5. The number of ether oxygens (including phenoxy) is 1. The second-order valence-corrected chi connectivity index (χ2v) is 6.07. The molecule has 5 nitrogen and oxygen atoms in total. The third-order valence-corrected chi connectivity index (χ3v) is 3.22. The van der Waals surface area contributed by atoms with Gasteiger partial charge in [0.25, 0.3) is 0 Å². The Bertz CT molecular complexity index is 464. The number of guanidine groups is 1. The van der Waals surface area contributed by atoms with Crippen molar-refractivity contribution in [2.45, 2.75) is 26.8 Å². The fourth-order valence-corrected chi connectivity index (χ4v) is 1.83. The molecule has 1 aromatic carbocycles. The Morgan fingerprint density at radius 2 is 2.00 bits per heavy atom. The molecule has 0 unspecified atom stereocenters. The van der Waals surface area contributed by atoms with Gasteiger partial charge in [-0.2, -0.15) is 0 Å². The molecule has 0 atom stereocenters. The van der Waals surface area contributed by atoms with Crippen LogP contribution in [0.25, 0.3) is 0 Å². The minimum atomic E-state index is 0. The lowest BCUT2D eigenvalue weighted by atomic mass is 10.1. The first-order valence-corrected chi connectivity index (χ1v) is 7.88. The van der Waals surface area contributed by atoms with Gasteiger partial charge in [0.1, 0.15) is 12.4 Å². The standard InChI is InChI=1S/C17H30N4O.HI/c1-14(2)9-10-19-17(18)20-13-15-7-5-6-8-16(15)22-12-11-21(3)4;/h5-8,14H,9-13H2,1-4H3,(H3,18,19,20);1H. The summed E-state index contributed by atoms with van der Waals surface area (Å²) in [4.78, 5) is 6.48. The van der Waals surface area contributed by atoms with E-state index in [1.807, 2.05) is 38.4 Å². The van der Waals surface area contributed by atoms with E-state index >= 15 is 0 Å². The molecule has 0 aliphatic carbocycles. The van der Waals surface area contributed by atoms with Gasteiger partial charge in [0.05, 0.1) is 6.54 Å². The molecule has 0 amide bonds. The van der Waals surface area contributed by atoms with Gasteiger partial charge in [0, 0.05) is 18.7 Å². The number of halogens is 1. The minimum absolute atomic E-state index is 0. The first kappa shape index (κ1) is 22.0. The molecule has 0 radical (unpaired) electrons. The molecule has 0 aliphatic rings. The largest absolute Gasteiger partial charge is 0.492 e. The summed E-state index contributed by atoms with van der Waals surface area (Å²) in [5, 5.41) is 3.14. The molecule has 0 aliphatic heterocycles. The summed E-state index contributed by atoms with van der Waals surface area (Å²) in [5.74, 6) is 2.03. The van der Waals surface area contributed by atoms with Crippen LogP contribution in [0.15, 0.2) is 29.3 Å². The van der Waals surface area contributed by atoms with Gasteiger partial charge in [-0.15, -0.1) is 24.0 Å². The topological polar surface area (TPSA) is 62.9 Å². The predicted molar refractivity (Wildman–Crippen MR) is 109 cm³/mol. The monoisotopic (exact) mass is 434 g/mol. The maximum atomic E-state index is 5.89. The molecule has 23 heavy (non-hydrogen) atoms. The van der Waals surface area contributed by atoms with E-state index in [4.69, 9.17) is 10.5 Å². The summed E-state index contributed by atoms with van der Waals surface area (Å²) in [6, 6.07) is 7.97. The summed E-state index contributed by atoms with van der Waals surface area (Å²) in [5.41, 5.74) is 6.94. The predicted octanol–water partition coefficient (Wildman–Crippen LogP) is 2.70. The van der Waals surface area contributed by atoms with Crippen molar-refractivity contribution in [1.29, 1.82) is 0 Å². The average molecular weight is 434 g/mol. The van der Waals surface area contributed by atoms with Gasteiger partial charge >= 0.3 is 0 Å². The van der Waals surface area contributed by atoms with Crippen molar-refractivity contribution in [2.24, 2.45) is 16.6 Å². The number of likely N-dealkylation sites (N-methyl/N-ethyl adjacent to an activating group) is 1. The molecule has 0 aromatic heterocycles. The van der Waals surface area contributed by atoms with Crippen molar-refractivity contribution >= 4 is 29.9 Å². The maximum absolute atomic E-state index is 5.89. The molecule has 0 bridgehead atoms. The van der Waals surface area contributed by atoms with Crippen LogP contribution in [0.1, 0.15) is 25.8 Å². The Morgan fingerprint density at radius 1 is 1.30 bits per heavy atom. The van der Waals surface area contributed by atoms with Crippen LogP contribution >= 0.6 is 24.0 Å². The second-order valence-electron chi connectivity index (χ2n) is 6.07. The van der Waals surface area contributed by atoms with E-state index in [0.29, 0.717) is 25.0 Å². The molecular formula is C17H31IN4O. The maximum Gasteiger partial charge on any atom is 0.188 e. The zero-order valence-corrected chi connectivity index (χ0v) is 17.0. The van der Waals surface area contributed by atoms with Crippen LogP contribution in [-0.4, -0.2) is 44.7 Å². The van der Waals surface area contributed by atoms with Crippen molar-refractivity contribution in [3.8, 4) is 5.75 Å². The Balaban J connectivity index is 0.00000484. The van der Waals surface area contributed by atoms with Crippen LogP contribution in [0.4, 0.5) is 0 Å². The lowest BCUT2D eigenvalue weighted by Gasteiger charge is -2.13. The molecule has 132 valence electrons. The number of hydrogen-bond donors (Lipinski definition) is 2. The number of rotatable bonds is 9. The summed E-state index contributed by atoms with van der Waals surface area (Å²) >= 11 is 0. The van der Waals surface area contributed by atoms with E-state index in [1.165, 1.54) is 0 Å². The van der Waals surface area contributed by atoms with E-state index in [0.717, 1.165) is 30.8 Å². The third-order valence-electron chi connectivity index (χ3n) is 3.22. The minimum Gasteiger partial charge on any atom is -0.492 e. The SMILES string of the molecule is CC(C)CCNC(N)=NCc1ccccc1OCCN(C)C.I. The number of nitrogens with zero attached hydrogens (tertiary/aromatic N) is 2. The summed E-state index contributed by atoms with van der Waals surface area (Å²) in [7, 11) is 4.06. The van der Waals surface area contributed by atoms with Crippen LogP contribution in [0, 0.1) is 5.92 Å². The van der Waals surface area contributed by atoms with Crippen LogP contribution in [0.2, 0.25) is 0 Å². The van der Waals surface area contributed by atoms with Gasteiger partial charge in [-0.1, -0.05) is 32.0 Å². The molecule has 0 saturated carbocycles. The molecule has 0 heterocycles. The van der Waals surface area contributed by atoms with Gasteiger partial charge < -0.3 is 20.7 Å².